The van der Waals surface area contributed by atoms with Gasteiger partial charge in [-0.1, -0.05) is 36.8 Å². The number of carbonyl (C=O) groups excluding carboxylic acids is 1. The molecular formula is C23H23NO4. The number of para-hydroxylation sites is 1. The van der Waals surface area contributed by atoms with E-state index in [1.54, 1.807) is 48.3 Å². The highest BCUT2D eigenvalue weighted by Gasteiger charge is 2.38. The van der Waals surface area contributed by atoms with Crippen LogP contribution in [-0.4, -0.2) is 36.1 Å². The van der Waals surface area contributed by atoms with Crippen molar-refractivity contribution in [3.8, 4) is 11.1 Å². The SMILES string of the molecule is CN(CC1(CO)CCC1)C(=O)c1cccc(-c2cc3ccccc3oc2=O)c1. The van der Waals surface area contributed by atoms with E-state index in [0.717, 1.165) is 24.6 Å². The van der Waals surface area contributed by atoms with Crippen molar-refractivity contribution in [2.24, 2.45) is 5.41 Å². The van der Waals surface area contributed by atoms with E-state index in [9.17, 15) is 14.7 Å². The Morgan fingerprint density at radius 1 is 1.14 bits per heavy atom. The zero-order chi connectivity index (χ0) is 19.7. The second kappa shape index (κ2) is 7.24. The van der Waals surface area contributed by atoms with Crippen molar-refractivity contribution >= 4 is 16.9 Å². The number of aliphatic hydroxyl groups is 1. The van der Waals surface area contributed by atoms with E-state index in [4.69, 9.17) is 4.42 Å². The minimum absolute atomic E-state index is 0.1000. The first-order chi connectivity index (χ1) is 13.5. The van der Waals surface area contributed by atoms with Crippen LogP contribution < -0.4 is 5.63 Å². The molecule has 0 unspecified atom stereocenters. The molecule has 1 amide bonds. The Kier molecular flexibility index (Phi) is 4.77. The maximum atomic E-state index is 12.9. The third-order valence-electron chi connectivity index (χ3n) is 5.73. The summed E-state index contributed by atoms with van der Waals surface area (Å²) < 4.78 is 5.42. The van der Waals surface area contributed by atoms with Gasteiger partial charge in [-0.25, -0.2) is 4.79 Å². The highest BCUT2D eigenvalue weighted by atomic mass is 16.4. The third-order valence-corrected chi connectivity index (χ3v) is 5.73. The molecule has 0 saturated heterocycles. The number of hydrogen-bond acceptors (Lipinski definition) is 4. The second-order valence-corrected chi connectivity index (χ2v) is 7.74. The summed E-state index contributed by atoms with van der Waals surface area (Å²) in [6, 6.07) is 16.2. The Morgan fingerprint density at radius 3 is 2.64 bits per heavy atom. The summed E-state index contributed by atoms with van der Waals surface area (Å²) in [5.41, 5.74) is 1.55. The number of benzene rings is 2. The fourth-order valence-corrected chi connectivity index (χ4v) is 3.92. The lowest BCUT2D eigenvalue weighted by Gasteiger charge is -2.42. The van der Waals surface area contributed by atoms with Gasteiger partial charge in [-0.05, 0) is 42.7 Å². The smallest absolute Gasteiger partial charge is 0.344 e. The predicted molar refractivity (Wildman–Crippen MR) is 108 cm³/mol. The molecule has 1 aliphatic rings. The first-order valence-electron chi connectivity index (χ1n) is 9.51. The lowest BCUT2D eigenvalue weighted by Crippen LogP contribution is -2.45. The van der Waals surface area contributed by atoms with Gasteiger partial charge in [-0.3, -0.25) is 4.79 Å². The molecule has 0 bridgehead atoms. The fourth-order valence-electron chi connectivity index (χ4n) is 3.92. The highest BCUT2D eigenvalue weighted by Crippen LogP contribution is 2.41. The molecule has 5 heteroatoms. The van der Waals surface area contributed by atoms with E-state index in [2.05, 4.69) is 0 Å². The molecule has 1 heterocycles. The molecule has 0 radical (unpaired) electrons. The van der Waals surface area contributed by atoms with Crippen molar-refractivity contribution in [2.75, 3.05) is 20.2 Å². The van der Waals surface area contributed by atoms with Gasteiger partial charge in [0.05, 0.1) is 12.2 Å². The number of hydrogen-bond donors (Lipinski definition) is 1. The number of carbonyl (C=O) groups is 1. The quantitative estimate of drug-likeness (QED) is 0.689. The van der Waals surface area contributed by atoms with Crippen LogP contribution in [0.3, 0.4) is 0 Å². The summed E-state index contributed by atoms with van der Waals surface area (Å²) in [6.45, 7) is 0.632. The van der Waals surface area contributed by atoms with Gasteiger partial charge in [0.25, 0.3) is 5.91 Å². The molecule has 4 rings (SSSR count). The Hall–Kier alpha value is -2.92. The zero-order valence-corrected chi connectivity index (χ0v) is 15.9. The average Bonchev–Trinajstić information content (AvgIpc) is 2.69. The van der Waals surface area contributed by atoms with E-state index < -0.39 is 5.63 Å². The number of amides is 1. The normalized spacial score (nSPS) is 15.2. The van der Waals surface area contributed by atoms with Crippen LogP contribution in [0.5, 0.6) is 0 Å². The van der Waals surface area contributed by atoms with Crippen molar-refractivity contribution in [1.82, 2.24) is 4.90 Å². The first kappa shape index (κ1) is 18.4. The molecule has 144 valence electrons. The lowest BCUT2D eigenvalue weighted by atomic mass is 9.69. The molecule has 28 heavy (non-hydrogen) atoms. The van der Waals surface area contributed by atoms with E-state index in [0.29, 0.717) is 28.8 Å². The molecule has 0 aliphatic heterocycles. The summed E-state index contributed by atoms with van der Waals surface area (Å²) in [5.74, 6) is -0.119. The summed E-state index contributed by atoms with van der Waals surface area (Å²) in [4.78, 5) is 27.0. The Bertz CT molecular complexity index is 1080. The van der Waals surface area contributed by atoms with Crippen molar-refractivity contribution in [2.45, 2.75) is 19.3 Å². The van der Waals surface area contributed by atoms with Gasteiger partial charge in [0.2, 0.25) is 0 Å². The number of rotatable bonds is 5. The van der Waals surface area contributed by atoms with Gasteiger partial charge in [0, 0.05) is 30.0 Å². The van der Waals surface area contributed by atoms with E-state index in [-0.39, 0.29) is 17.9 Å². The molecule has 1 fully saturated rings. The van der Waals surface area contributed by atoms with E-state index in [1.807, 2.05) is 18.2 Å². The Balaban J connectivity index is 1.64. The lowest BCUT2D eigenvalue weighted by molar-refractivity contribution is 0.0146. The van der Waals surface area contributed by atoms with E-state index >= 15 is 0 Å². The minimum atomic E-state index is -0.426. The Morgan fingerprint density at radius 2 is 1.93 bits per heavy atom. The van der Waals surface area contributed by atoms with Crippen LogP contribution in [0.15, 0.2) is 63.8 Å². The molecule has 3 aromatic rings. The van der Waals surface area contributed by atoms with Crippen LogP contribution >= 0.6 is 0 Å². The minimum Gasteiger partial charge on any atom is -0.422 e. The van der Waals surface area contributed by atoms with Crippen LogP contribution in [-0.2, 0) is 0 Å². The van der Waals surface area contributed by atoms with Crippen molar-refractivity contribution in [3.05, 3.63) is 70.6 Å². The monoisotopic (exact) mass is 377 g/mol. The number of fused-ring (bicyclic) bond motifs is 1. The molecule has 0 spiro atoms. The number of aliphatic hydroxyl groups excluding tert-OH is 1. The molecule has 1 N–H and O–H groups in total. The topological polar surface area (TPSA) is 70.8 Å². The maximum absolute atomic E-state index is 12.9. The van der Waals surface area contributed by atoms with Crippen LogP contribution in [0.2, 0.25) is 0 Å². The van der Waals surface area contributed by atoms with Gasteiger partial charge >= 0.3 is 5.63 Å². The standard InChI is InChI=1S/C23H23NO4/c1-24(14-23(15-25)10-5-11-23)21(26)18-8-4-7-16(12-18)19-13-17-6-2-3-9-20(17)28-22(19)27/h2-4,6-9,12-13,25H,5,10-11,14-15H2,1H3. The molecular weight excluding hydrogens is 354 g/mol. The first-order valence-corrected chi connectivity index (χ1v) is 9.51. The largest absolute Gasteiger partial charge is 0.422 e. The molecule has 1 saturated carbocycles. The summed E-state index contributed by atoms with van der Waals surface area (Å²) in [5, 5.41) is 10.5. The van der Waals surface area contributed by atoms with Gasteiger partial charge < -0.3 is 14.4 Å². The zero-order valence-electron chi connectivity index (χ0n) is 15.9. The van der Waals surface area contributed by atoms with E-state index in [1.165, 1.54) is 0 Å². The van der Waals surface area contributed by atoms with Crippen molar-refractivity contribution in [3.63, 3.8) is 0 Å². The molecule has 0 atom stereocenters. The van der Waals surface area contributed by atoms with Crippen LogP contribution in [0, 0.1) is 5.41 Å². The average molecular weight is 377 g/mol. The molecule has 5 nitrogen and oxygen atoms in total. The van der Waals surface area contributed by atoms with Gasteiger partial charge in [0.1, 0.15) is 5.58 Å². The van der Waals surface area contributed by atoms with Crippen molar-refractivity contribution in [1.29, 1.82) is 0 Å². The number of nitrogens with zero attached hydrogens (tertiary/aromatic N) is 1. The second-order valence-electron chi connectivity index (χ2n) is 7.74. The highest BCUT2D eigenvalue weighted by molar-refractivity contribution is 5.95. The summed E-state index contributed by atoms with van der Waals surface area (Å²) in [7, 11) is 1.76. The maximum Gasteiger partial charge on any atom is 0.344 e. The molecule has 1 aromatic heterocycles. The van der Waals surface area contributed by atoms with Gasteiger partial charge in [-0.15, -0.1) is 0 Å². The summed E-state index contributed by atoms with van der Waals surface area (Å²) in [6.07, 6.45) is 2.98. The van der Waals surface area contributed by atoms with Crippen LogP contribution in [0.1, 0.15) is 29.6 Å². The van der Waals surface area contributed by atoms with Crippen LogP contribution in [0.4, 0.5) is 0 Å². The van der Waals surface area contributed by atoms with Gasteiger partial charge in [0.15, 0.2) is 0 Å². The van der Waals surface area contributed by atoms with Crippen molar-refractivity contribution < 1.29 is 14.3 Å². The van der Waals surface area contributed by atoms with Crippen LogP contribution in [0.25, 0.3) is 22.1 Å². The fraction of sp³-hybridized carbons (Fsp3) is 0.304. The Labute approximate surface area is 163 Å². The molecule has 2 aromatic carbocycles. The molecule has 1 aliphatic carbocycles. The summed E-state index contributed by atoms with van der Waals surface area (Å²) >= 11 is 0. The van der Waals surface area contributed by atoms with Gasteiger partial charge in [-0.2, -0.15) is 0 Å². The third kappa shape index (κ3) is 3.34. The predicted octanol–water partition coefficient (Wildman–Crippen LogP) is 3.69.